The molecule has 1 N–H and O–H groups in total. The third-order valence-electron chi connectivity index (χ3n) is 2.69. The Labute approximate surface area is 137 Å². The van der Waals surface area contributed by atoms with E-state index in [2.05, 4.69) is 11.9 Å². The van der Waals surface area contributed by atoms with E-state index < -0.39 is 11.8 Å². The molecule has 1 saturated heterocycles. The number of hydrogen-bond acceptors (Lipinski definition) is 3. The molecular formula is C14H10Cl2N2O2S. The van der Waals surface area contributed by atoms with Gasteiger partial charge in [0.05, 0.1) is 0 Å². The monoisotopic (exact) mass is 340 g/mol. The van der Waals surface area contributed by atoms with Crippen LogP contribution in [0.25, 0.3) is 6.08 Å². The van der Waals surface area contributed by atoms with E-state index in [-0.39, 0.29) is 17.2 Å². The summed E-state index contributed by atoms with van der Waals surface area (Å²) in [7, 11) is 0. The van der Waals surface area contributed by atoms with Gasteiger partial charge in [-0.05, 0) is 42.1 Å². The lowest BCUT2D eigenvalue weighted by Crippen LogP contribution is -2.53. The molecule has 0 spiro atoms. The molecule has 1 aliphatic heterocycles. The average Bonchev–Trinajstić information content (AvgIpc) is 2.38. The van der Waals surface area contributed by atoms with Crippen LogP contribution in [0, 0.1) is 0 Å². The summed E-state index contributed by atoms with van der Waals surface area (Å²) in [5.74, 6) is -1.04. The van der Waals surface area contributed by atoms with E-state index in [0.717, 1.165) is 0 Å². The molecule has 0 atom stereocenters. The highest BCUT2D eigenvalue weighted by atomic mass is 35.5. The van der Waals surface area contributed by atoms with Crippen molar-refractivity contribution in [2.24, 2.45) is 0 Å². The topological polar surface area (TPSA) is 49.4 Å². The lowest BCUT2D eigenvalue weighted by atomic mass is 10.1. The predicted molar refractivity (Wildman–Crippen MR) is 87.1 cm³/mol. The fourth-order valence-electron chi connectivity index (χ4n) is 1.81. The van der Waals surface area contributed by atoms with Crippen molar-refractivity contribution in [3.8, 4) is 0 Å². The van der Waals surface area contributed by atoms with E-state index in [9.17, 15) is 9.59 Å². The molecule has 4 nitrogen and oxygen atoms in total. The first kappa shape index (κ1) is 15.7. The average molecular weight is 341 g/mol. The van der Waals surface area contributed by atoms with E-state index in [1.807, 2.05) is 0 Å². The van der Waals surface area contributed by atoms with Gasteiger partial charge in [0, 0.05) is 16.6 Å². The van der Waals surface area contributed by atoms with Gasteiger partial charge in [0.25, 0.3) is 11.8 Å². The molecule has 0 aromatic heterocycles. The molecule has 21 heavy (non-hydrogen) atoms. The second-order valence-corrected chi connectivity index (χ2v) is 5.48. The molecule has 1 fully saturated rings. The van der Waals surface area contributed by atoms with Crippen molar-refractivity contribution in [2.75, 3.05) is 6.54 Å². The van der Waals surface area contributed by atoms with Gasteiger partial charge in [-0.15, -0.1) is 6.58 Å². The quantitative estimate of drug-likeness (QED) is 0.398. The van der Waals surface area contributed by atoms with Crippen LogP contribution in [0.3, 0.4) is 0 Å². The molecule has 0 unspecified atom stereocenters. The number of nitrogens with one attached hydrogen (secondary N) is 1. The summed E-state index contributed by atoms with van der Waals surface area (Å²) in [6.45, 7) is 3.77. The summed E-state index contributed by atoms with van der Waals surface area (Å²) in [6.07, 6.45) is 2.95. The normalized spacial score (nSPS) is 17.1. The lowest BCUT2D eigenvalue weighted by Gasteiger charge is -2.27. The smallest absolute Gasteiger partial charge is 0.265 e. The number of amides is 2. The highest BCUT2D eigenvalue weighted by Gasteiger charge is 2.32. The summed E-state index contributed by atoms with van der Waals surface area (Å²) in [4.78, 5) is 25.5. The molecule has 2 rings (SSSR count). The Morgan fingerprint density at radius 1 is 1.24 bits per heavy atom. The molecule has 1 heterocycles. The summed E-state index contributed by atoms with van der Waals surface area (Å²) in [5.41, 5.74) is 0.515. The third-order valence-corrected chi connectivity index (χ3v) is 3.45. The van der Waals surface area contributed by atoms with Crippen molar-refractivity contribution in [1.82, 2.24) is 10.2 Å². The minimum absolute atomic E-state index is 0.0382. The molecule has 0 radical (unpaired) electrons. The Hall–Kier alpha value is -1.69. The van der Waals surface area contributed by atoms with Crippen LogP contribution in [0.2, 0.25) is 10.0 Å². The van der Waals surface area contributed by atoms with Crippen molar-refractivity contribution >= 4 is 58.4 Å². The van der Waals surface area contributed by atoms with Crippen LogP contribution in [0.4, 0.5) is 0 Å². The van der Waals surface area contributed by atoms with Crippen molar-refractivity contribution in [3.05, 3.63) is 52.0 Å². The minimum atomic E-state index is -0.554. The van der Waals surface area contributed by atoms with Crippen molar-refractivity contribution in [3.63, 3.8) is 0 Å². The molecule has 1 aliphatic rings. The summed E-state index contributed by atoms with van der Waals surface area (Å²) < 4.78 is 0. The minimum Gasteiger partial charge on any atom is -0.298 e. The Morgan fingerprint density at radius 2 is 1.86 bits per heavy atom. The van der Waals surface area contributed by atoms with Gasteiger partial charge in [0.1, 0.15) is 5.57 Å². The van der Waals surface area contributed by atoms with Crippen LogP contribution >= 0.6 is 35.4 Å². The zero-order valence-electron chi connectivity index (χ0n) is 10.7. The van der Waals surface area contributed by atoms with E-state index in [1.165, 1.54) is 17.1 Å². The van der Waals surface area contributed by atoms with Gasteiger partial charge >= 0.3 is 0 Å². The number of hydrogen-bond donors (Lipinski definition) is 1. The third kappa shape index (κ3) is 3.50. The van der Waals surface area contributed by atoms with Gasteiger partial charge in [-0.3, -0.25) is 19.8 Å². The zero-order valence-corrected chi connectivity index (χ0v) is 13.1. The molecular weight excluding hydrogens is 331 g/mol. The molecule has 7 heteroatoms. The first-order valence-electron chi connectivity index (χ1n) is 5.88. The van der Waals surface area contributed by atoms with Crippen LogP contribution in [0.15, 0.2) is 36.4 Å². The van der Waals surface area contributed by atoms with Crippen molar-refractivity contribution < 1.29 is 9.59 Å². The van der Waals surface area contributed by atoms with E-state index in [4.69, 9.17) is 35.4 Å². The lowest BCUT2D eigenvalue weighted by molar-refractivity contribution is -0.128. The summed E-state index contributed by atoms with van der Waals surface area (Å²) >= 11 is 16.8. The first-order valence-corrected chi connectivity index (χ1v) is 7.04. The Kier molecular flexibility index (Phi) is 4.77. The highest BCUT2D eigenvalue weighted by molar-refractivity contribution is 7.80. The number of carbonyl (C=O) groups excluding carboxylic acids is 2. The number of carbonyl (C=O) groups is 2. The van der Waals surface area contributed by atoms with Crippen LogP contribution < -0.4 is 5.32 Å². The zero-order chi connectivity index (χ0) is 15.6. The number of nitrogens with zero attached hydrogens (tertiary/aromatic N) is 1. The molecule has 0 bridgehead atoms. The fourth-order valence-corrected chi connectivity index (χ4v) is 2.61. The van der Waals surface area contributed by atoms with Crippen LogP contribution in [-0.2, 0) is 9.59 Å². The molecule has 108 valence electrons. The molecule has 0 saturated carbocycles. The largest absolute Gasteiger partial charge is 0.298 e. The summed E-state index contributed by atoms with van der Waals surface area (Å²) in [6, 6.07) is 4.77. The molecule has 1 aromatic carbocycles. The van der Waals surface area contributed by atoms with Crippen molar-refractivity contribution in [2.45, 2.75) is 0 Å². The molecule has 1 aromatic rings. The predicted octanol–water partition coefficient (Wildman–Crippen LogP) is 2.81. The number of rotatable bonds is 3. The van der Waals surface area contributed by atoms with E-state index in [1.54, 1.807) is 18.2 Å². The standard InChI is InChI=1S/C14H10Cl2N2O2S/c1-2-3-18-13(20)11(12(19)17-14(18)21)6-8-4-9(15)7-10(16)5-8/h2,4-7H,1,3H2,(H,17,19,21)/b11-6+. The van der Waals surface area contributed by atoms with Crippen molar-refractivity contribution in [1.29, 1.82) is 0 Å². The summed E-state index contributed by atoms with van der Waals surface area (Å²) in [5, 5.41) is 3.35. The number of benzene rings is 1. The molecule has 0 aliphatic carbocycles. The number of halogens is 2. The Bertz CT molecular complexity index is 665. The Morgan fingerprint density at radius 3 is 2.43 bits per heavy atom. The molecule has 2 amide bonds. The second kappa shape index (κ2) is 6.39. The van der Waals surface area contributed by atoms with Crippen LogP contribution in [-0.4, -0.2) is 28.4 Å². The maximum absolute atomic E-state index is 12.3. The van der Waals surface area contributed by atoms with Gasteiger partial charge in [-0.25, -0.2) is 0 Å². The SMILES string of the molecule is C=CCN1C(=O)/C(=C/c2cc(Cl)cc(Cl)c2)C(=O)NC1=S. The highest BCUT2D eigenvalue weighted by Crippen LogP contribution is 2.22. The fraction of sp³-hybridized carbons (Fsp3) is 0.0714. The number of thiocarbonyl (C=S) groups is 1. The maximum Gasteiger partial charge on any atom is 0.265 e. The van der Waals surface area contributed by atoms with Crippen LogP contribution in [0.5, 0.6) is 0 Å². The Balaban J connectivity index is 2.42. The first-order chi connectivity index (χ1) is 9.92. The van der Waals surface area contributed by atoms with Gasteiger partial charge in [-0.2, -0.15) is 0 Å². The van der Waals surface area contributed by atoms with Gasteiger partial charge in [-0.1, -0.05) is 29.3 Å². The van der Waals surface area contributed by atoms with Gasteiger partial charge < -0.3 is 0 Å². The maximum atomic E-state index is 12.3. The van der Waals surface area contributed by atoms with E-state index in [0.29, 0.717) is 15.6 Å². The van der Waals surface area contributed by atoms with E-state index >= 15 is 0 Å². The van der Waals surface area contributed by atoms with Gasteiger partial charge in [0.15, 0.2) is 5.11 Å². The van der Waals surface area contributed by atoms with Gasteiger partial charge in [0.2, 0.25) is 0 Å². The second-order valence-electron chi connectivity index (χ2n) is 4.22. The van der Waals surface area contributed by atoms with Crippen LogP contribution in [0.1, 0.15) is 5.56 Å².